The number of rotatable bonds is 4. The summed E-state index contributed by atoms with van der Waals surface area (Å²) in [6.07, 6.45) is 5.82. The van der Waals surface area contributed by atoms with Gasteiger partial charge in [-0.1, -0.05) is 18.0 Å². The third kappa shape index (κ3) is 3.38. The number of carbonyl (C=O) groups is 1. The fourth-order valence-corrected chi connectivity index (χ4v) is 4.47. The number of fused-ring (bicyclic) bond motifs is 2. The van der Waals surface area contributed by atoms with Crippen molar-refractivity contribution in [2.45, 2.75) is 31.7 Å². The molecule has 1 aromatic carbocycles. The van der Waals surface area contributed by atoms with Crippen molar-refractivity contribution in [1.82, 2.24) is 5.32 Å². The lowest BCUT2D eigenvalue weighted by Crippen LogP contribution is -2.38. The van der Waals surface area contributed by atoms with Gasteiger partial charge in [-0.2, -0.15) is 0 Å². The van der Waals surface area contributed by atoms with Crippen LogP contribution in [0.4, 0.5) is 5.69 Å². The molecule has 3 rings (SSSR count). The second-order valence-corrected chi connectivity index (χ2v) is 8.48. The first-order valence-electron chi connectivity index (χ1n) is 7.40. The Balaban J connectivity index is 1.70. The molecule has 2 bridgehead atoms. The Morgan fingerprint density at radius 1 is 1.27 bits per heavy atom. The molecule has 0 heterocycles. The quantitative estimate of drug-likeness (QED) is 0.883. The fraction of sp³-hybridized carbons (Fsp3) is 0.533. The van der Waals surface area contributed by atoms with Crippen LogP contribution >= 0.6 is 11.6 Å². The highest BCUT2D eigenvalue weighted by Crippen LogP contribution is 2.44. The molecular formula is C15H19ClN2O3S. The standard InChI is InChI=1S/C15H19ClN2O3S/c1-22(20,21)18-11-4-5-12(13(16)8-11)15(19)17-14-7-9-2-3-10(14)6-9/h4-5,8-10,14,18H,2-3,6-7H2,1H3,(H,17,19)/t9-,10-,14+/m0/s1. The molecule has 0 spiro atoms. The summed E-state index contributed by atoms with van der Waals surface area (Å²) in [4.78, 5) is 12.4. The second-order valence-electron chi connectivity index (χ2n) is 6.32. The second kappa shape index (κ2) is 5.74. The molecule has 0 aliphatic heterocycles. The smallest absolute Gasteiger partial charge is 0.253 e. The highest BCUT2D eigenvalue weighted by atomic mass is 35.5. The van der Waals surface area contributed by atoms with Crippen LogP contribution < -0.4 is 10.0 Å². The lowest BCUT2D eigenvalue weighted by atomic mass is 9.95. The molecule has 0 unspecified atom stereocenters. The summed E-state index contributed by atoms with van der Waals surface area (Å²) in [5, 5.41) is 3.32. The summed E-state index contributed by atoms with van der Waals surface area (Å²) in [6, 6.07) is 4.80. The molecule has 0 aromatic heterocycles. The van der Waals surface area contributed by atoms with Crippen LogP contribution in [-0.4, -0.2) is 26.6 Å². The molecule has 3 atom stereocenters. The van der Waals surface area contributed by atoms with Crippen molar-refractivity contribution < 1.29 is 13.2 Å². The van der Waals surface area contributed by atoms with Gasteiger partial charge in [-0.3, -0.25) is 9.52 Å². The molecule has 2 N–H and O–H groups in total. The van der Waals surface area contributed by atoms with Gasteiger partial charge in [0.2, 0.25) is 10.0 Å². The zero-order valence-corrected chi connectivity index (χ0v) is 13.9. The zero-order chi connectivity index (χ0) is 15.9. The van der Waals surface area contributed by atoms with E-state index in [1.807, 2.05) is 0 Å². The number of benzene rings is 1. The van der Waals surface area contributed by atoms with E-state index in [1.165, 1.54) is 25.3 Å². The molecule has 2 aliphatic carbocycles. The summed E-state index contributed by atoms with van der Waals surface area (Å²) in [5.41, 5.74) is 0.729. The monoisotopic (exact) mass is 342 g/mol. The molecule has 0 saturated heterocycles. The van der Waals surface area contributed by atoms with Crippen molar-refractivity contribution in [3.8, 4) is 0 Å². The predicted molar refractivity (Wildman–Crippen MR) is 86.6 cm³/mol. The van der Waals surface area contributed by atoms with Crippen molar-refractivity contribution in [1.29, 1.82) is 0 Å². The van der Waals surface area contributed by atoms with Crippen molar-refractivity contribution >= 4 is 33.2 Å². The molecule has 2 saturated carbocycles. The van der Waals surface area contributed by atoms with Crippen LogP contribution in [0.3, 0.4) is 0 Å². The van der Waals surface area contributed by atoms with Gasteiger partial charge in [-0.25, -0.2) is 8.42 Å². The molecule has 2 aliphatic rings. The van der Waals surface area contributed by atoms with Crippen molar-refractivity contribution in [3.05, 3.63) is 28.8 Å². The maximum Gasteiger partial charge on any atom is 0.253 e. The number of hydrogen-bond acceptors (Lipinski definition) is 3. The van der Waals surface area contributed by atoms with E-state index in [9.17, 15) is 13.2 Å². The van der Waals surface area contributed by atoms with Crippen LogP contribution in [0.15, 0.2) is 18.2 Å². The van der Waals surface area contributed by atoms with E-state index in [2.05, 4.69) is 10.0 Å². The first-order valence-corrected chi connectivity index (χ1v) is 9.67. The third-order valence-corrected chi connectivity index (χ3v) is 5.49. The Morgan fingerprint density at radius 2 is 2.05 bits per heavy atom. The molecule has 120 valence electrons. The number of anilines is 1. The first kappa shape index (κ1) is 15.6. The van der Waals surface area contributed by atoms with E-state index >= 15 is 0 Å². The summed E-state index contributed by atoms with van der Waals surface area (Å²) in [6.45, 7) is 0. The van der Waals surface area contributed by atoms with Gasteiger partial charge in [-0.05, 0) is 49.3 Å². The number of sulfonamides is 1. The van der Waals surface area contributed by atoms with Gasteiger partial charge >= 0.3 is 0 Å². The summed E-state index contributed by atoms with van der Waals surface area (Å²) in [5.74, 6) is 1.17. The number of hydrogen-bond donors (Lipinski definition) is 2. The topological polar surface area (TPSA) is 75.3 Å². The summed E-state index contributed by atoms with van der Waals surface area (Å²) < 4.78 is 24.7. The molecule has 7 heteroatoms. The minimum atomic E-state index is -3.36. The lowest BCUT2D eigenvalue weighted by Gasteiger charge is -2.23. The van der Waals surface area contributed by atoms with Crippen LogP contribution in [0.1, 0.15) is 36.0 Å². The summed E-state index contributed by atoms with van der Waals surface area (Å²) in [7, 11) is -3.36. The normalized spacial score (nSPS) is 26.9. The Labute approximate surface area is 135 Å². The van der Waals surface area contributed by atoms with Gasteiger partial charge in [0.1, 0.15) is 0 Å². The van der Waals surface area contributed by atoms with Gasteiger partial charge in [0.25, 0.3) is 5.91 Å². The van der Waals surface area contributed by atoms with Gasteiger partial charge in [0, 0.05) is 11.7 Å². The van der Waals surface area contributed by atoms with Crippen LogP contribution in [0.5, 0.6) is 0 Å². The van der Waals surface area contributed by atoms with E-state index in [0.29, 0.717) is 17.2 Å². The lowest BCUT2D eigenvalue weighted by molar-refractivity contribution is 0.0923. The molecule has 2 fully saturated rings. The van der Waals surface area contributed by atoms with Crippen molar-refractivity contribution in [2.75, 3.05) is 11.0 Å². The zero-order valence-electron chi connectivity index (χ0n) is 12.3. The Hall–Kier alpha value is -1.27. The average Bonchev–Trinajstić information content (AvgIpc) is 2.98. The molecular weight excluding hydrogens is 324 g/mol. The van der Waals surface area contributed by atoms with Gasteiger partial charge in [0.15, 0.2) is 0 Å². The van der Waals surface area contributed by atoms with Gasteiger partial charge in [-0.15, -0.1) is 0 Å². The maximum absolute atomic E-state index is 12.4. The van der Waals surface area contributed by atoms with Gasteiger partial charge < -0.3 is 5.32 Å². The number of amides is 1. The van der Waals surface area contributed by atoms with Crippen LogP contribution in [-0.2, 0) is 10.0 Å². The fourth-order valence-electron chi connectivity index (χ4n) is 3.64. The molecule has 1 amide bonds. The maximum atomic E-state index is 12.4. The Kier molecular flexibility index (Phi) is 4.07. The predicted octanol–water partition coefficient (Wildman–Crippen LogP) is 2.63. The molecule has 1 aromatic rings. The third-order valence-electron chi connectivity index (χ3n) is 4.57. The van der Waals surface area contributed by atoms with Crippen molar-refractivity contribution in [2.24, 2.45) is 11.8 Å². The number of carbonyl (C=O) groups excluding carboxylic acids is 1. The minimum Gasteiger partial charge on any atom is -0.349 e. The largest absolute Gasteiger partial charge is 0.349 e. The van der Waals surface area contributed by atoms with Crippen molar-refractivity contribution in [3.63, 3.8) is 0 Å². The van der Waals surface area contributed by atoms with Crippen LogP contribution in [0.25, 0.3) is 0 Å². The highest BCUT2D eigenvalue weighted by Gasteiger charge is 2.40. The molecule has 22 heavy (non-hydrogen) atoms. The highest BCUT2D eigenvalue weighted by molar-refractivity contribution is 7.92. The average molecular weight is 343 g/mol. The summed E-state index contributed by atoms with van der Waals surface area (Å²) >= 11 is 6.12. The minimum absolute atomic E-state index is 0.187. The number of halogens is 1. The van der Waals surface area contributed by atoms with E-state index in [4.69, 9.17) is 11.6 Å². The van der Waals surface area contributed by atoms with E-state index < -0.39 is 10.0 Å². The molecule has 0 radical (unpaired) electrons. The van der Waals surface area contributed by atoms with E-state index in [0.717, 1.165) is 18.6 Å². The Bertz CT molecular complexity index is 705. The Morgan fingerprint density at radius 3 is 2.59 bits per heavy atom. The van der Waals surface area contributed by atoms with Gasteiger partial charge in [0.05, 0.1) is 16.8 Å². The van der Waals surface area contributed by atoms with E-state index in [1.54, 1.807) is 12.1 Å². The van der Waals surface area contributed by atoms with E-state index in [-0.39, 0.29) is 17.0 Å². The van der Waals surface area contributed by atoms with Crippen LogP contribution in [0, 0.1) is 11.8 Å². The molecule has 5 nitrogen and oxygen atoms in total. The van der Waals surface area contributed by atoms with Crippen LogP contribution in [0.2, 0.25) is 5.02 Å². The first-order chi connectivity index (χ1) is 10.3. The number of nitrogens with one attached hydrogen (secondary N) is 2. The SMILES string of the molecule is CS(=O)(=O)Nc1ccc(C(=O)N[C@@H]2C[C@H]3CC[C@H]2C3)c(Cl)c1.